The topological polar surface area (TPSA) is 72.7 Å². The summed E-state index contributed by atoms with van der Waals surface area (Å²) in [5.74, 6) is 0.800. The van der Waals surface area contributed by atoms with E-state index in [0.29, 0.717) is 37.2 Å². The molecule has 0 bridgehead atoms. The zero-order valence-electron chi connectivity index (χ0n) is 14.4. The molecule has 0 spiro atoms. The van der Waals surface area contributed by atoms with Crippen LogP contribution in [0.15, 0.2) is 42.5 Å². The molecule has 2 aromatic carbocycles. The molecule has 7 heteroatoms. The van der Waals surface area contributed by atoms with E-state index in [0.717, 1.165) is 9.32 Å². The molecule has 0 N–H and O–H groups in total. The quantitative estimate of drug-likeness (QED) is 0.284. The molecule has 0 unspecified atom stereocenters. The number of carbonyl (C=O) groups excluding carboxylic acids is 1. The lowest BCUT2D eigenvalue weighted by molar-refractivity contribution is -0.384. The van der Waals surface area contributed by atoms with Crippen LogP contribution < -0.4 is 9.64 Å². The fourth-order valence-electron chi connectivity index (χ4n) is 3.28. The number of nitro benzene ring substituents is 1. The highest BCUT2D eigenvalue weighted by Gasteiger charge is 2.28. The van der Waals surface area contributed by atoms with E-state index in [4.69, 9.17) is 4.74 Å². The molecular weight excluding hydrogens is 447 g/mol. The van der Waals surface area contributed by atoms with Gasteiger partial charge in [0.25, 0.3) is 5.69 Å². The number of methoxy groups -OCH3 is 1. The lowest BCUT2D eigenvalue weighted by atomic mass is 9.88. The van der Waals surface area contributed by atoms with Gasteiger partial charge in [0, 0.05) is 34.2 Å². The predicted molar refractivity (Wildman–Crippen MR) is 108 cm³/mol. The Labute approximate surface area is 165 Å². The first-order valence-corrected chi connectivity index (χ1v) is 9.44. The number of nitrogens with zero attached hydrogens (tertiary/aromatic N) is 2. The first kappa shape index (κ1) is 18.6. The van der Waals surface area contributed by atoms with Crippen LogP contribution in [0.25, 0.3) is 0 Å². The molecule has 0 aromatic heterocycles. The van der Waals surface area contributed by atoms with Gasteiger partial charge in [-0.3, -0.25) is 14.9 Å². The van der Waals surface area contributed by atoms with Gasteiger partial charge in [0.2, 0.25) is 0 Å². The summed E-state index contributed by atoms with van der Waals surface area (Å²) in [5, 5.41) is 11.3. The van der Waals surface area contributed by atoms with Crippen molar-refractivity contribution in [1.29, 1.82) is 0 Å². The molecule has 1 saturated heterocycles. The summed E-state index contributed by atoms with van der Waals surface area (Å²) < 4.78 is 5.96. The van der Waals surface area contributed by atoms with Crippen LogP contribution in [0.4, 0.5) is 11.4 Å². The molecular formula is C19H19IN2O4. The average molecular weight is 466 g/mol. The minimum Gasteiger partial charge on any atom is -0.497 e. The SMILES string of the molecule is COc1ccc(C(=O)C2CCN(c3ccc(I)cc3[N+](=O)[O-])CC2)cc1. The Morgan fingerprint density at radius 2 is 1.85 bits per heavy atom. The molecule has 0 atom stereocenters. The molecule has 3 rings (SSSR count). The van der Waals surface area contributed by atoms with E-state index in [2.05, 4.69) is 22.6 Å². The van der Waals surface area contributed by atoms with Crippen LogP contribution in [-0.2, 0) is 0 Å². The van der Waals surface area contributed by atoms with Crippen LogP contribution in [0.1, 0.15) is 23.2 Å². The molecule has 0 aliphatic carbocycles. The minimum atomic E-state index is -0.341. The fourth-order valence-corrected chi connectivity index (χ4v) is 3.76. The summed E-state index contributed by atoms with van der Waals surface area (Å²) in [7, 11) is 1.59. The molecule has 0 amide bonds. The van der Waals surface area contributed by atoms with Gasteiger partial charge in [0.05, 0.1) is 12.0 Å². The Balaban J connectivity index is 1.69. The maximum absolute atomic E-state index is 12.7. The minimum absolute atomic E-state index is 0.0532. The Hall–Kier alpha value is -2.16. The van der Waals surface area contributed by atoms with Gasteiger partial charge in [0.1, 0.15) is 11.4 Å². The monoisotopic (exact) mass is 466 g/mol. The van der Waals surface area contributed by atoms with Gasteiger partial charge in [-0.25, -0.2) is 0 Å². The van der Waals surface area contributed by atoms with Gasteiger partial charge in [-0.05, 0) is 71.8 Å². The number of hydrogen-bond acceptors (Lipinski definition) is 5. The number of ether oxygens (including phenoxy) is 1. The molecule has 136 valence electrons. The number of nitro groups is 1. The van der Waals surface area contributed by atoms with Crippen LogP contribution >= 0.6 is 22.6 Å². The van der Waals surface area contributed by atoms with Crippen molar-refractivity contribution in [3.05, 3.63) is 61.7 Å². The molecule has 1 fully saturated rings. The predicted octanol–water partition coefficient (Wildman–Crippen LogP) is 4.31. The number of anilines is 1. The van der Waals surface area contributed by atoms with E-state index in [1.165, 1.54) is 0 Å². The number of carbonyl (C=O) groups is 1. The van der Waals surface area contributed by atoms with E-state index < -0.39 is 0 Å². The van der Waals surface area contributed by atoms with Crippen molar-refractivity contribution in [2.75, 3.05) is 25.1 Å². The molecule has 1 aliphatic heterocycles. The van der Waals surface area contributed by atoms with E-state index in [-0.39, 0.29) is 22.3 Å². The second kappa shape index (κ2) is 8.03. The highest BCUT2D eigenvalue weighted by atomic mass is 127. The number of piperidine rings is 1. The van der Waals surface area contributed by atoms with Gasteiger partial charge in [-0.1, -0.05) is 0 Å². The highest BCUT2D eigenvalue weighted by molar-refractivity contribution is 14.1. The normalized spacial score (nSPS) is 14.9. The van der Waals surface area contributed by atoms with Crippen LogP contribution in [0.3, 0.4) is 0 Å². The van der Waals surface area contributed by atoms with Crippen molar-refractivity contribution in [3.8, 4) is 5.75 Å². The van der Waals surface area contributed by atoms with Crippen molar-refractivity contribution >= 4 is 39.7 Å². The zero-order valence-corrected chi connectivity index (χ0v) is 16.5. The van der Waals surface area contributed by atoms with Gasteiger partial charge in [0.15, 0.2) is 5.78 Å². The molecule has 0 radical (unpaired) electrons. The maximum Gasteiger partial charge on any atom is 0.293 e. The summed E-state index contributed by atoms with van der Waals surface area (Å²) in [5.41, 5.74) is 1.44. The van der Waals surface area contributed by atoms with E-state index in [1.54, 1.807) is 43.5 Å². The Morgan fingerprint density at radius 1 is 1.19 bits per heavy atom. The lowest BCUT2D eigenvalue weighted by Gasteiger charge is -2.32. The summed E-state index contributed by atoms with van der Waals surface area (Å²) in [4.78, 5) is 25.7. The summed E-state index contributed by atoms with van der Waals surface area (Å²) in [6, 6.07) is 12.4. The van der Waals surface area contributed by atoms with Crippen molar-refractivity contribution in [1.82, 2.24) is 0 Å². The van der Waals surface area contributed by atoms with Crippen molar-refractivity contribution in [2.45, 2.75) is 12.8 Å². The first-order valence-electron chi connectivity index (χ1n) is 8.36. The second-order valence-electron chi connectivity index (χ2n) is 6.24. The van der Waals surface area contributed by atoms with Gasteiger partial charge in [-0.2, -0.15) is 0 Å². The average Bonchev–Trinajstić information content (AvgIpc) is 2.67. The number of halogens is 1. The highest BCUT2D eigenvalue weighted by Crippen LogP contribution is 2.33. The standard InChI is InChI=1S/C19H19IN2O4/c1-26-16-5-2-13(3-6-16)19(23)14-8-10-21(11-9-14)17-7-4-15(20)12-18(17)22(24)25/h2-7,12,14H,8-11H2,1H3. The van der Waals surface area contributed by atoms with E-state index in [1.807, 2.05) is 11.0 Å². The van der Waals surface area contributed by atoms with Gasteiger partial charge < -0.3 is 9.64 Å². The number of ketones is 1. The van der Waals surface area contributed by atoms with Crippen LogP contribution in [0.5, 0.6) is 5.75 Å². The smallest absolute Gasteiger partial charge is 0.293 e. The number of benzene rings is 2. The number of Topliss-reactive ketones (excluding diaryl/α,β-unsaturated/α-hetero) is 1. The van der Waals surface area contributed by atoms with Crippen molar-refractivity contribution < 1.29 is 14.5 Å². The number of rotatable bonds is 5. The van der Waals surface area contributed by atoms with Crippen LogP contribution in [-0.4, -0.2) is 30.9 Å². The van der Waals surface area contributed by atoms with E-state index >= 15 is 0 Å². The fraction of sp³-hybridized carbons (Fsp3) is 0.316. The van der Waals surface area contributed by atoms with Crippen molar-refractivity contribution in [2.24, 2.45) is 5.92 Å². The molecule has 0 saturated carbocycles. The second-order valence-corrected chi connectivity index (χ2v) is 7.49. The first-order chi connectivity index (χ1) is 12.5. The van der Waals surface area contributed by atoms with Crippen LogP contribution in [0, 0.1) is 19.6 Å². The Kier molecular flexibility index (Phi) is 5.75. The molecule has 1 heterocycles. The zero-order chi connectivity index (χ0) is 18.7. The largest absolute Gasteiger partial charge is 0.497 e. The van der Waals surface area contributed by atoms with Gasteiger partial charge >= 0.3 is 0 Å². The summed E-state index contributed by atoms with van der Waals surface area (Å²) in [6.45, 7) is 1.27. The molecule has 6 nitrogen and oxygen atoms in total. The third-order valence-electron chi connectivity index (χ3n) is 4.72. The number of hydrogen-bond donors (Lipinski definition) is 0. The molecule has 2 aromatic rings. The third kappa shape index (κ3) is 3.98. The van der Waals surface area contributed by atoms with E-state index in [9.17, 15) is 14.9 Å². The summed E-state index contributed by atoms with van der Waals surface area (Å²) in [6.07, 6.45) is 1.38. The van der Waals surface area contributed by atoms with Crippen LogP contribution in [0.2, 0.25) is 0 Å². The van der Waals surface area contributed by atoms with Crippen molar-refractivity contribution in [3.63, 3.8) is 0 Å². The summed E-state index contributed by atoms with van der Waals surface area (Å²) >= 11 is 2.07. The Bertz CT molecular complexity index is 815. The molecule has 26 heavy (non-hydrogen) atoms. The third-order valence-corrected chi connectivity index (χ3v) is 5.39. The lowest BCUT2D eigenvalue weighted by Crippen LogP contribution is -2.36. The maximum atomic E-state index is 12.7. The Morgan fingerprint density at radius 3 is 2.42 bits per heavy atom. The molecule has 1 aliphatic rings. The van der Waals surface area contributed by atoms with Gasteiger partial charge in [-0.15, -0.1) is 0 Å².